The summed E-state index contributed by atoms with van der Waals surface area (Å²) in [5.74, 6) is 1.06. The minimum Gasteiger partial charge on any atom is -0.462 e. The van der Waals surface area contributed by atoms with E-state index in [0.29, 0.717) is 25.7 Å². The topological polar surface area (TPSA) is 237 Å². The van der Waals surface area contributed by atoms with E-state index in [9.17, 15) is 43.2 Å². The largest absolute Gasteiger partial charge is 0.472 e. The van der Waals surface area contributed by atoms with Gasteiger partial charge in [0, 0.05) is 25.7 Å². The molecule has 0 amide bonds. The third kappa shape index (κ3) is 75.3. The minimum absolute atomic E-state index is 0.107. The van der Waals surface area contributed by atoms with E-state index in [0.717, 1.165) is 120 Å². The van der Waals surface area contributed by atoms with Crippen LogP contribution in [-0.4, -0.2) is 96.7 Å². The molecular formula is C84H164O17P2. The molecule has 0 fully saturated rings. The van der Waals surface area contributed by atoms with Gasteiger partial charge in [-0.05, 0) is 49.4 Å². The quantitative estimate of drug-likeness (QED) is 0.0222. The second kappa shape index (κ2) is 72.9. The highest BCUT2D eigenvalue weighted by Gasteiger charge is 2.30. The van der Waals surface area contributed by atoms with Crippen molar-refractivity contribution in [3.63, 3.8) is 0 Å². The monoisotopic (exact) mass is 1510 g/mol. The highest BCUT2D eigenvalue weighted by molar-refractivity contribution is 7.47. The predicted octanol–water partition coefficient (Wildman–Crippen LogP) is 25.2. The van der Waals surface area contributed by atoms with Crippen molar-refractivity contribution in [2.45, 2.75) is 453 Å². The van der Waals surface area contributed by atoms with Crippen molar-refractivity contribution in [3.8, 4) is 0 Å². The Hall–Kier alpha value is -1.94. The summed E-state index contributed by atoms with van der Waals surface area (Å²) in [4.78, 5) is 73.1. The molecule has 0 rings (SSSR count). The number of unbranched alkanes of at least 4 members (excludes halogenated alkanes) is 45. The third-order valence-corrected chi connectivity index (χ3v) is 22.2. The van der Waals surface area contributed by atoms with E-state index in [4.69, 9.17) is 37.0 Å². The molecule has 0 bridgehead atoms. The smallest absolute Gasteiger partial charge is 0.462 e. The lowest BCUT2D eigenvalue weighted by atomic mass is 9.99. The van der Waals surface area contributed by atoms with Crippen LogP contribution < -0.4 is 0 Å². The zero-order valence-electron chi connectivity index (χ0n) is 68.0. The van der Waals surface area contributed by atoms with Gasteiger partial charge in [0.25, 0.3) is 0 Å². The summed E-state index contributed by atoms with van der Waals surface area (Å²) in [5.41, 5.74) is 0. The fourth-order valence-electron chi connectivity index (χ4n) is 12.9. The van der Waals surface area contributed by atoms with Gasteiger partial charge in [0.2, 0.25) is 0 Å². The van der Waals surface area contributed by atoms with Crippen LogP contribution in [0.5, 0.6) is 0 Å². The molecule has 0 saturated carbocycles. The van der Waals surface area contributed by atoms with E-state index in [1.807, 2.05) is 0 Å². The van der Waals surface area contributed by atoms with Gasteiger partial charge in [0.05, 0.1) is 26.4 Å². The molecule has 0 aliphatic heterocycles. The standard InChI is InChI=1S/C84H164O17P2/c1-9-76(7)62-54-46-38-32-26-20-17-18-22-28-35-41-51-59-66-83(88)100-79(70-94-81(86)64-56-48-39-33-29-23-25-31-37-45-53-61-75(5)6)72-98-102(90,91)96-68-78(85)69-97-103(92,93)99-73-80(71-95-82(87)65-57-49-43-42-47-55-63-77(8)10-2)101-84(89)67-58-50-40-34-27-21-16-14-12-11-13-15-19-24-30-36-44-52-60-74(3)4/h74-80,85H,9-73H2,1-8H3,(H,90,91)(H,92,93)/t76?,77?,78-,79-,80-/m1/s1. The summed E-state index contributed by atoms with van der Waals surface area (Å²) in [7, 11) is -9.93. The van der Waals surface area contributed by atoms with Crippen LogP contribution in [0.4, 0.5) is 0 Å². The third-order valence-electron chi connectivity index (χ3n) is 20.3. The number of phosphoric acid groups is 2. The lowest BCUT2D eigenvalue weighted by Gasteiger charge is -2.21. The number of hydrogen-bond acceptors (Lipinski definition) is 15. The SMILES string of the molecule is CCC(C)CCCCCCCCCCCCCCCCC(=O)O[C@H](COC(=O)CCCCCCCCCCCCCC(C)C)COP(=O)(O)OC[C@@H](O)COP(=O)(O)OC[C@@H](COC(=O)CCCCCCCCC(C)CC)OC(=O)CCCCCCCCCCCCCCCCCCCCC(C)C. The Morgan fingerprint density at radius 2 is 0.466 bits per heavy atom. The fraction of sp³-hybridized carbons (Fsp3) is 0.952. The van der Waals surface area contributed by atoms with Crippen LogP contribution in [-0.2, 0) is 65.4 Å². The average Bonchev–Trinajstić information content (AvgIpc) is 0.908. The van der Waals surface area contributed by atoms with Gasteiger partial charge in [-0.3, -0.25) is 37.3 Å². The van der Waals surface area contributed by atoms with Gasteiger partial charge in [-0.2, -0.15) is 0 Å². The number of phosphoric ester groups is 2. The number of esters is 4. The molecule has 0 radical (unpaired) electrons. The molecule has 0 aromatic heterocycles. The molecule has 3 N–H and O–H groups in total. The molecule has 17 nitrogen and oxygen atoms in total. The maximum atomic E-state index is 13.1. The Morgan fingerprint density at radius 3 is 0.689 bits per heavy atom. The molecule has 103 heavy (non-hydrogen) atoms. The lowest BCUT2D eigenvalue weighted by Crippen LogP contribution is -2.30. The molecule has 19 heteroatoms. The summed E-state index contributed by atoms with van der Waals surface area (Å²) in [6, 6.07) is 0. The number of aliphatic hydroxyl groups excluding tert-OH is 1. The van der Waals surface area contributed by atoms with Gasteiger partial charge >= 0.3 is 39.5 Å². The van der Waals surface area contributed by atoms with Crippen molar-refractivity contribution in [3.05, 3.63) is 0 Å². The predicted molar refractivity (Wildman–Crippen MR) is 423 cm³/mol. The van der Waals surface area contributed by atoms with Gasteiger partial charge in [0.15, 0.2) is 12.2 Å². The Bertz CT molecular complexity index is 2010. The van der Waals surface area contributed by atoms with Crippen molar-refractivity contribution in [2.24, 2.45) is 23.7 Å². The highest BCUT2D eigenvalue weighted by Crippen LogP contribution is 2.45. The number of carbonyl (C=O) groups excluding carboxylic acids is 4. The van der Waals surface area contributed by atoms with E-state index in [1.165, 1.54) is 231 Å². The molecule has 0 aromatic carbocycles. The second-order valence-electron chi connectivity index (χ2n) is 31.7. The van der Waals surface area contributed by atoms with Crippen LogP contribution in [0, 0.1) is 23.7 Å². The number of carbonyl (C=O) groups is 4. The van der Waals surface area contributed by atoms with E-state index in [1.54, 1.807) is 0 Å². The first-order chi connectivity index (χ1) is 49.7. The molecule has 4 unspecified atom stereocenters. The fourth-order valence-corrected chi connectivity index (χ4v) is 14.5. The molecule has 0 aliphatic rings. The summed E-state index contributed by atoms with van der Waals surface area (Å²) in [6.07, 6.45) is 61.1. The average molecular weight is 1510 g/mol. The van der Waals surface area contributed by atoms with Crippen LogP contribution in [0.15, 0.2) is 0 Å². The van der Waals surface area contributed by atoms with Gasteiger partial charge in [0.1, 0.15) is 19.3 Å². The summed E-state index contributed by atoms with van der Waals surface area (Å²) < 4.78 is 68.8. The molecule has 7 atom stereocenters. The van der Waals surface area contributed by atoms with Crippen molar-refractivity contribution in [1.29, 1.82) is 0 Å². The number of rotatable bonds is 81. The maximum absolute atomic E-state index is 13.1. The van der Waals surface area contributed by atoms with Crippen molar-refractivity contribution >= 4 is 39.5 Å². The normalized spacial score (nSPS) is 14.5. The van der Waals surface area contributed by atoms with Crippen molar-refractivity contribution < 1.29 is 80.2 Å². The van der Waals surface area contributed by atoms with Gasteiger partial charge in [-0.1, -0.05) is 383 Å². The maximum Gasteiger partial charge on any atom is 0.472 e. The second-order valence-corrected chi connectivity index (χ2v) is 34.6. The van der Waals surface area contributed by atoms with E-state index >= 15 is 0 Å². The van der Waals surface area contributed by atoms with E-state index < -0.39 is 97.5 Å². The van der Waals surface area contributed by atoms with Crippen molar-refractivity contribution in [2.75, 3.05) is 39.6 Å². The molecule has 612 valence electrons. The summed E-state index contributed by atoms with van der Waals surface area (Å²) in [5, 5.41) is 10.7. The molecule has 0 saturated heterocycles. The van der Waals surface area contributed by atoms with Crippen LogP contribution in [0.25, 0.3) is 0 Å². The molecular weight excluding hydrogens is 1340 g/mol. The first-order valence-electron chi connectivity index (χ1n) is 43.3. The molecule has 0 aliphatic carbocycles. The van der Waals surface area contributed by atoms with E-state index in [-0.39, 0.29) is 25.7 Å². The molecule has 0 aromatic rings. The first-order valence-corrected chi connectivity index (χ1v) is 46.3. The zero-order chi connectivity index (χ0) is 76.0. The molecule has 0 heterocycles. The van der Waals surface area contributed by atoms with Gasteiger partial charge in [-0.15, -0.1) is 0 Å². The Morgan fingerprint density at radius 1 is 0.272 bits per heavy atom. The van der Waals surface area contributed by atoms with Gasteiger partial charge < -0.3 is 33.8 Å². The number of ether oxygens (including phenoxy) is 4. The minimum atomic E-state index is -4.96. The van der Waals surface area contributed by atoms with Crippen LogP contribution in [0.1, 0.15) is 434 Å². The number of aliphatic hydroxyl groups is 1. The number of hydrogen-bond donors (Lipinski definition) is 3. The summed E-state index contributed by atoms with van der Waals surface area (Å²) >= 11 is 0. The van der Waals surface area contributed by atoms with E-state index in [2.05, 4.69) is 55.4 Å². The Labute approximate surface area is 632 Å². The Kier molecular flexibility index (Phi) is 71.5. The first kappa shape index (κ1) is 101. The highest BCUT2D eigenvalue weighted by atomic mass is 31.2. The van der Waals surface area contributed by atoms with Crippen LogP contribution in [0.3, 0.4) is 0 Å². The Balaban J connectivity index is 5.22. The molecule has 0 spiro atoms. The summed E-state index contributed by atoms with van der Waals surface area (Å²) in [6.45, 7) is 14.3. The van der Waals surface area contributed by atoms with Crippen LogP contribution >= 0.6 is 15.6 Å². The van der Waals surface area contributed by atoms with Gasteiger partial charge in [-0.25, -0.2) is 9.13 Å². The lowest BCUT2D eigenvalue weighted by molar-refractivity contribution is -0.161. The van der Waals surface area contributed by atoms with Crippen molar-refractivity contribution in [1.82, 2.24) is 0 Å². The van der Waals surface area contributed by atoms with Crippen LogP contribution in [0.2, 0.25) is 0 Å². The zero-order valence-corrected chi connectivity index (χ0v) is 69.7.